The van der Waals surface area contributed by atoms with Gasteiger partial charge < -0.3 is 10.2 Å². The minimum Gasteiger partial charge on any atom is -0.371 e. The lowest BCUT2D eigenvalue weighted by Gasteiger charge is -2.21. The number of aromatic nitrogens is 2. The number of amides is 1. The van der Waals surface area contributed by atoms with Crippen molar-refractivity contribution in [1.29, 1.82) is 0 Å². The fourth-order valence-electron chi connectivity index (χ4n) is 4.54. The van der Waals surface area contributed by atoms with Gasteiger partial charge in [0.05, 0.1) is 16.6 Å². The monoisotopic (exact) mass is 486 g/mol. The van der Waals surface area contributed by atoms with E-state index in [9.17, 15) is 22.8 Å². The van der Waals surface area contributed by atoms with Gasteiger partial charge in [0, 0.05) is 29.9 Å². The molecule has 0 aliphatic carbocycles. The van der Waals surface area contributed by atoms with E-state index in [0.717, 1.165) is 48.0 Å². The third-order valence-corrected chi connectivity index (χ3v) is 6.10. The summed E-state index contributed by atoms with van der Waals surface area (Å²) in [5.41, 5.74) is 1.85. The lowest BCUT2D eigenvalue weighted by molar-refractivity contribution is -0.137. The van der Waals surface area contributed by atoms with Gasteiger partial charge in [0.2, 0.25) is 5.91 Å². The molecule has 2 aromatic carbocycles. The van der Waals surface area contributed by atoms with Crippen LogP contribution in [0.4, 0.5) is 24.5 Å². The van der Waals surface area contributed by atoms with Gasteiger partial charge in [0.25, 0.3) is 5.56 Å². The van der Waals surface area contributed by atoms with Gasteiger partial charge in [-0.15, -0.1) is 0 Å². The first-order chi connectivity index (χ1) is 16.4. The standard InChI is InChI=1S/C26H29F3N4O2/c1-15(2)13-32-10-9-17-11-19(6-8-22(17)32)30-23(34)14-33-25(35)20-7-5-18(26(27,28)29)12-21(20)24(31-33)16(3)4/h5-8,11-12,15-16H,9-10,13-14H2,1-4H3,(H,30,34). The van der Waals surface area contributed by atoms with Crippen LogP contribution in [-0.4, -0.2) is 28.8 Å². The Morgan fingerprint density at radius 2 is 1.83 bits per heavy atom. The molecule has 2 heterocycles. The van der Waals surface area contributed by atoms with Crippen molar-refractivity contribution in [2.24, 2.45) is 5.92 Å². The molecule has 0 atom stereocenters. The van der Waals surface area contributed by atoms with E-state index in [1.54, 1.807) is 13.8 Å². The summed E-state index contributed by atoms with van der Waals surface area (Å²) in [7, 11) is 0. The Morgan fingerprint density at radius 3 is 2.49 bits per heavy atom. The maximum absolute atomic E-state index is 13.2. The Labute approximate surface area is 201 Å². The summed E-state index contributed by atoms with van der Waals surface area (Å²) in [6.45, 7) is 9.48. The van der Waals surface area contributed by atoms with Gasteiger partial charge in [0.1, 0.15) is 6.54 Å². The number of nitrogens with zero attached hydrogens (tertiary/aromatic N) is 3. The summed E-state index contributed by atoms with van der Waals surface area (Å²) in [6, 6.07) is 8.77. The summed E-state index contributed by atoms with van der Waals surface area (Å²) >= 11 is 0. The highest BCUT2D eigenvalue weighted by Crippen LogP contribution is 2.33. The molecule has 0 spiro atoms. The molecule has 1 aliphatic rings. The van der Waals surface area contributed by atoms with Gasteiger partial charge >= 0.3 is 6.18 Å². The van der Waals surface area contributed by atoms with Crippen molar-refractivity contribution in [2.45, 2.75) is 52.8 Å². The van der Waals surface area contributed by atoms with Gasteiger partial charge in [-0.2, -0.15) is 18.3 Å². The summed E-state index contributed by atoms with van der Waals surface area (Å²) in [4.78, 5) is 28.1. The van der Waals surface area contributed by atoms with Crippen LogP contribution in [0.15, 0.2) is 41.2 Å². The van der Waals surface area contributed by atoms with Gasteiger partial charge in [-0.3, -0.25) is 9.59 Å². The van der Waals surface area contributed by atoms with Crippen molar-refractivity contribution in [1.82, 2.24) is 9.78 Å². The van der Waals surface area contributed by atoms with Crippen LogP contribution in [0.5, 0.6) is 0 Å². The third kappa shape index (κ3) is 5.18. The first-order valence-corrected chi connectivity index (χ1v) is 11.7. The van der Waals surface area contributed by atoms with Crippen molar-refractivity contribution in [3.63, 3.8) is 0 Å². The van der Waals surface area contributed by atoms with Gasteiger partial charge in [-0.1, -0.05) is 27.7 Å². The normalized spacial score (nSPS) is 13.7. The molecule has 1 N–H and O–H groups in total. The van der Waals surface area contributed by atoms with E-state index in [0.29, 0.717) is 17.3 Å². The number of alkyl halides is 3. The minimum atomic E-state index is -4.53. The maximum atomic E-state index is 13.2. The highest BCUT2D eigenvalue weighted by atomic mass is 19.4. The second-order valence-corrected chi connectivity index (χ2v) is 9.74. The molecule has 0 bridgehead atoms. The summed E-state index contributed by atoms with van der Waals surface area (Å²) in [5.74, 6) is -0.136. The zero-order valence-electron chi connectivity index (χ0n) is 20.2. The fourth-order valence-corrected chi connectivity index (χ4v) is 4.54. The Kier molecular flexibility index (Phi) is 6.62. The fraction of sp³-hybridized carbons (Fsp3) is 0.423. The first-order valence-electron chi connectivity index (χ1n) is 11.7. The molecule has 6 nitrogen and oxygen atoms in total. The van der Waals surface area contributed by atoms with E-state index in [-0.39, 0.29) is 23.2 Å². The lowest BCUT2D eigenvalue weighted by atomic mass is 10.0. The minimum absolute atomic E-state index is 0.104. The lowest BCUT2D eigenvalue weighted by Crippen LogP contribution is -2.31. The van der Waals surface area contributed by atoms with Crippen molar-refractivity contribution in [3.8, 4) is 0 Å². The zero-order valence-corrected chi connectivity index (χ0v) is 20.2. The van der Waals surface area contributed by atoms with Crippen LogP contribution in [0.1, 0.15) is 50.4 Å². The molecule has 35 heavy (non-hydrogen) atoms. The van der Waals surface area contributed by atoms with E-state index in [1.165, 1.54) is 5.69 Å². The van der Waals surface area contributed by atoms with E-state index in [4.69, 9.17) is 0 Å². The predicted octanol–water partition coefficient (Wildman–Crippen LogP) is 5.20. The molecule has 1 aliphatic heterocycles. The molecule has 186 valence electrons. The second-order valence-electron chi connectivity index (χ2n) is 9.74. The number of halogens is 3. The predicted molar refractivity (Wildman–Crippen MR) is 131 cm³/mol. The van der Waals surface area contributed by atoms with Crippen LogP contribution < -0.4 is 15.8 Å². The molecular weight excluding hydrogens is 457 g/mol. The Morgan fingerprint density at radius 1 is 1.09 bits per heavy atom. The number of carbonyl (C=O) groups excluding carboxylic acids is 1. The van der Waals surface area contributed by atoms with Crippen molar-refractivity contribution < 1.29 is 18.0 Å². The molecule has 1 amide bonds. The van der Waals surface area contributed by atoms with Gasteiger partial charge in [-0.05, 0) is 60.2 Å². The molecule has 0 saturated heterocycles. The highest BCUT2D eigenvalue weighted by Gasteiger charge is 2.31. The van der Waals surface area contributed by atoms with Crippen LogP contribution in [0, 0.1) is 5.92 Å². The summed E-state index contributed by atoms with van der Waals surface area (Å²) in [6.07, 6.45) is -3.63. The molecule has 0 saturated carbocycles. The molecule has 0 radical (unpaired) electrons. The molecule has 4 rings (SSSR count). The van der Waals surface area contributed by atoms with E-state index < -0.39 is 23.2 Å². The van der Waals surface area contributed by atoms with Crippen LogP contribution in [0.2, 0.25) is 0 Å². The van der Waals surface area contributed by atoms with E-state index in [2.05, 4.69) is 29.2 Å². The number of benzene rings is 2. The van der Waals surface area contributed by atoms with Crippen LogP contribution in [0.3, 0.4) is 0 Å². The topological polar surface area (TPSA) is 67.2 Å². The molecular formula is C26H29F3N4O2. The molecule has 9 heteroatoms. The largest absolute Gasteiger partial charge is 0.416 e. The number of hydrogen-bond donors (Lipinski definition) is 1. The molecule has 0 fully saturated rings. The molecule has 1 aromatic heterocycles. The number of nitrogens with one attached hydrogen (secondary N) is 1. The summed E-state index contributed by atoms with van der Waals surface area (Å²) in [5, 5.41) is 7.35. The number of anilines is 2. The third-order valence-electron chi connectivity index (χ3n) is 6.10. The Bertz CT molecular complexity index is 1330. The maximum Gasteiger partial charge on any atom is 0.416 e. The highest BCUT2D eigenvalue weighted by molar-refractivity contribution is 5.91. The Hall–Kier alpha value is -3.36. The number of hydrogen-bond acceptors (Lipinski definition) is 4. The smallest absolute Gasteiger partial charge is 0.371 e. The van der Waals surface area contributed by atoms with Gasteiger partial charge in [-0.25, -0.2) is 4.68 Å². The van der Waals surface area contributed by atoms with Crippen molar-refractivity contribution >= 4 is 28.1 Å². The van der Waals surface area contributed by atoms with Crippen LogP contribution in [0.25, 0.3) is 10.8 Å². The van der Waals surface area contributed by atoms with Crippen molar-refractivity contribution in [2.75, 3.05) is 23.3 Å². The van der Waals surface area contributed by atoms with Crippen LogP contribution >= 0.6 is 0 Å². The summed E-state index contributed by atoms with van der Waals surface area (Å²) < 4.78 is 40.6. The molecule has 3 aromatic rings. The number of carbonyl (C=O) groups is 1. The average Bonchev–Trinajstić information content (AvgIpc) is 3.15. The van der Waals surface area contributed by atoms with Crippen LogP contribution in [-0.2, 0) is 23.9 Å². The number of rotatable bonds is 6. The SMILES string of the molecule is CC(C)CN1CCc2cc(NC(=O)Cn3nc(C(C)C)c4cc(C(F)(F)F)ccc4c3=O)ccc21. The second kappa shape index (κ2) is 9.36. The van der Waals surface area contributed by atoms with E-state index in [1.807, 2.05) is 18.2 Å². The Balaban J connectivity index is 1.58. The van der Waals surface area contributed by atoms with Gasteiger partial charge in [0.15, 0.2) is 0 Å². The van der Waals surface area contributed by atoms with Crippen molar-refractivity contribution in [3.05, 3.63) is 63.6 Å². The average molecular weight is 487 g/mol. The number of fused-ring (bicyclic) bond motifs is 2. The molecule has 0 unspecified atom stereocenters. The quantitative estimate of drug-likeness (QED) is 0.520. The first kappa shape index (κ1) is 24.8. The van der Waals surface area contributed by atoms with E-state index >= 15 is 0 Å². The zero-order chi connectivity index (χ0) is 25.5.